The number of carbonyl (C=O) groups is 3. The van der Waals surface area contributed by atoms with Crippen molar-refractivity contribution < 1.29 is 14.4 Å². The van der Waals surface area contributed by atoms with Crippen LogP contribution in [0.1, 0.15) is 52.7 Å². The Balaban J connectivity index is 2.04. The molecule has 0 spiro atoms. The Bertz CT molecular complexity index is 750. The number of urea groups is 1. The van der Waals surface area contributed by atoms with E-state index in [1.54, 1.807) is 6.92 Å². The second-order valence-electron chi connectivity index (χ2n) is 8.65. The maximum absolute atomic E-state index is 13.0. The van der Waals surface area contributed by atoms with Gasteiger partial charge in [-0.05, 0) is 36.6 Å². The number of hydrogen-bond donors (Lipinski definition) is 2. The van der Waals surface area contributed by atoms with Gasteiger partial charge in [0.25, 0.3) is 5.91 Å². The number of hydrogen-bond acceptors (Lipinski definition) is 4. The summed E-state index contributed by atoms with van der Waals surface area (Å²) in [7, 11) is 0. The van der Waals surface area contributed by atoms with E-state index in [2.05, 4.69) is 50.2 Å². The summed E-state index contributed by atoms with van der Waals surface area (Å²) in [5.74, 6) is -0.752. The number of benzene rings is 1. The van der Waals surface area contributed by atoms with Crippen molar-refractivity contribution in [3.8, 4) is 0 Å². The molecule has 1 heterocycles. The molecule has 2 rings (SSSR count). The highest BCUT2D eigenvalue weighted by Crippen LogP contribution is 2.31. The molecule has 160 valence electrons. The van der Waals surface area contributed by atoms with E-state index in [-0.39, 0.29) is 17.9 Å². The van der Waals surface area contributed by atoms with Crippen LogP contribution < -0.4 is 10.6 Å². The van der Waals surface area contributed by atoms with E-state index in [0.717, 1.165) is 30.1 Å². The molecule has 1 fully saturated rings. The molecule has 2 N–H and O–H groups in total. The van der Waals surface area contributed by atoms with Crippen molar-refractivity contribution in [1.82, 2.24) is 20.4 Å². The summed E-state index contributed by atoms with van der Waals surface area (Å²) >= 11 is 0. The predicted octanol–water partition coefficient (Wildman–Crippen LogP) is 2.21. The summed E-state index contributed by atoms with van der Waals surface area (Å²) in [6.45, 7) is 14.9. The van der Waals surface area contributed by atoms with Crippen LogP contribution in [0.2, 0.25) is 0 Å². The molecule has 1 saturated heterocycles. The van der Waals surface area contributed by atoms with Gasteiger partial charge in [0.15, 0.2) is 0 Å². The number of rotatable bonds is 8. The lowest BCUT2D eigenvalue weighted by Crippen LogP contribution is -2.44. The molecule has 1 unspecified atom stereocenters. The highest BCUT2D eigenvalue weighted by Gasteiger charge is 2.49. The summed E-state index contributed by atoms with van der Waals surface area (Å²) in [6, 6.07) is 7.14. The van der Waals surface area contributed by atoms with Gasteiger partial charge < -0.3 is 15.5 Å². The van der Waals surface area contributed by atoms with E-state index in [9.17, 15) is 14.4 Å². The molecule has 7 heteroatoms. The van der Waals surface area contributed by atoms with E-state index in [1.165, 1.54) is 0 Å². The second kappa shape index (κ2) is 8.95. The van der Waals surface area contributed by atoms with Crippen molar-refractivity contribution in [1.29, 1.82) is 0 Å². The Kier molecular flexibility index (Phi) is 7.06. The maximum Gasteiger partial charge on any atom is 0.325 e. The van der Waals surface area contributed by atoms with E-state index < -0.39 is 17.5 Å². The van der Waals surface area contributed by atoms with Crippen LogP contribution in [0.25, 0.3) is 0 Å². The normalized spacial score (nSPS) is 19.6. The Hall–Kier alpha value is -2.41. The molecule has 1 aliphatic heterocycles. The molecule has 7 nitrogen and oxygen atoms in total. The monoisotopic (exact) mass is 402 g/mol. The number of amides is 4. The Morgan fingerprint density at radius 2 is 1.72 bits per heavy atom. The van der Waals surface area contributed by atoms with Crippen LogP contribution in [0, 0.1) is 0 Å². The summed E-state index contributed by atoms with van der Waals surface area (Å²) in [5, 5.41) is 5.54. The van der Waals surface area contributed by atoms with Crippen LogP contribution >= 0.6 is 0 Å². The number of nitrogens with zero attached hydrogens (tertiary/aromatic N) is 2. The molecule has 1 aromatic rings. The minimum Gasteiger partial charge on any atom is -0.353 e. The van der Waals surface area contributed by atoms with E-state index in [1.807, 2.05) is 24.3 Å². The zero-order valence-corrected chi connectivity index (χ0v) is 18.5. The molecule has 4 amide bonds. The lowest BCUT2D eigenvalue weighted by Gasteiger charge is -2.24. The first-order chi connectivity index (χ1) is 13.5. The first kappa shape index (κ1) is 22.9. The molecule has 0 radical (unpaired) electrons. The van der Waals surface area contributed by atoms with Crippen molar-refractivity contribution in [2.24, 2.45) is 0 Å². The predicted molar refractivity (Wildman–Crippen MR) is 114 cm³/mol. The molecule has 29 heavy (non-hydrogen) atoms. The molecule has 0 aromatic heterocycles. The van der Waals surface area contributed by atoms with Crippen LogP contribution in [0.3, 0.4) is 0 Å². The average molecular weight is 403 g/mol. The fraction of sp³-hybridized carbons (Fsp3) is 0.591. The first-order valence-electron chi connectivity index (χ1n) is 10.3. The van der Waals surface area contributed by atoms with Gasteiger partial charge in [-0.25, -0.2) is 4.79 Å². The van der Waals surface area contributed by atoms with Gasteiger partial charge in [-0.1, -0.05) is 58.9 Å². The van der Waals surface area contributed by atoms with E-state index >= 15 is 0 Å². The van der Waals surface area contributed by atoms with Gasteiger partial charge in [-0.3, -0.25) is 14.5 Å². The number of imide groups is 1. The fourth-order valence-electron chi connectivity index (χ4n) is 3.43. The zero-order chi connectivity index (χ0) is 21.8. The number of likely N-dealkylation sites (N-methyl/N-ethyl adjacent to an activating group) is 1. The molecule has 1 atom stereocenters. The standard InChI is InChI=1S/C22H34N4O3/c1-7-25(8-2)14-13-23-18(27)15-26-19(28)22(6,24-20(26)29)17-11-9-16(10-12-17)21(3,4)5/h9-12H,7-8,13-15H2,1-6H3,(H,23,27)(H,24,29). The van der Waals surface area contributed by atoms with E-state index in [0.29, 0.717) is 12.1 Å². The van der Waals surface area contributed by atoms with Crippen LogP contribution in [0.15, 0.2) is 24.3 Å². The van der Waals surface area contributed by atoms with Gasteiger partial charge in [0.2, 0.25) is 5.91 Å². The summed E-state index contributed by atoms with van der Waals surface area (Å²) in [5.41, 5.74) is 0.673. The largest absolute Gasteiger partial charge is 0.353 e. The summed E-state index contributed by atoms with van der Waals surface area (Å²) in [6.07, 6.45) is 0. The smallest absolute Gasteiger partial charge is 0.325 e. The van der Waals surface area contributed by atoms with Gasteiger partial charge in [-0.15, -0.1) is 0 Å². The highest BCUT2D eigenvalue weighted by atomic mass is 16.2. The third-order valence-corrected chi connectivity index (χ3v) is 5.55. The highest BCUT2D eigenvalue weighted by molar-refractivity contribution is 6.09. The fourth-order valence-corrected chi connectivity index (χ4v) is 3.43. The van der Waals surface area contributed by atoms with Crippen LogP contribution in [0.5, 0.6) is 0 Å². The van der Waals surface area contributed by atoms with Crippen molar-refractivity contribution >= 4 is 17.8 Å². The van der Waals surface area contributed by atoms with E-state index in [4.69, 9.17) is 0 Å². The molecular weight excluding hydrogens is 368 g/mol. The van der Waals surface area contributed by atoms with Gasteiger partial charge in [-0.2, -0.15) is 0 Å². The SMILES string of the molecule is CCN(CC)CCNC(=O)CN1C(=O)NC(C)(c2ccc(C(C)(C)C)cc2)C1=O. The summed E-state index contributed by atoms with van der Waals surface area (Å²) < 4.78 is 0. The topological polar surface area (TPSA) is 81.8 Å². The van der Waals surface area contributed by atoms with Crippen LogP contribution in [-0.2, 0) is 20.5 Å². The van der Waals surface area contributed by atoms with Crippen molar-refractivity contribution in [3.63, 3.8) is 0 Å². The first-order valence-corrected chi connectivity index (χ1v) is 10.3. The molecule has 0 saturated carbocycles. The minimum atomic E-state index is -1.17. The Morgan fingerprint density at radius 1 is 1.14 bits per heavy atom. The van der Waals surface area contributed by atoms with Crippen LogP contribution in [-0.4, -0.2) is 60.4 Å². The van der Waals surface area contributed by atoms with Crippen molar-refractivity contribution in [2.45, 2.75) is 52.5 Å². The molecule has 0 aliphatic carbocycles. The second-order valence-corrected chi connectivity index (χ2v) is 8.65. The lowest BCUT2D eigenvalue weighted by molar-refractivity contribution is -0.134. The van der Waals surface area contributed by atoms with Gasteiger partial charge in [0, 0.05) is 13.1 Å². The number of carbonyl (C=O) groups excluding carboxylic acids is 3. The van der Waals surface area contributed by atoms with Gasteiger partial charge in [0.1, 0.15) is 12.1 Å². The third-order valence-electron chi connectivity index (χ3n) is 5.55. The maximum atomic E-state index is 13.0. The Labute approximate surface area is 173 Å². The Morgan fingerprint density at radius 3 is 2.24 bits per heavy atom. The average Bonchev–Trinajstić information content (AvgIpc) is 2.89. The lowest BCUT2D eigenvalue weighted by atomic mass is 9.84. The van der Waals surface area contributed by atoms with Gasteiger partial charge >= 0.3 is 6.03 Å². The quantitative estimate of drug-likeness (QED) is 0.653. The van der Waals surface area contributed by atoms with Crippen LogP contribution in [0.4, 0.5) is 4.79 Å². The van der Waals surface area contributed by atoms with Crippen molar-refractivity contribution in [2.75, 3.05) is 32.7 Å². The van der Waals surface area contributed by atoms with Gasteiger partial charge in [0.05, 0.1) is 0 Å². The minimum absolute atomic E-state index is 0.00236. The summed E-state index contributed by atoms with van der Waals surface area (Å²) in [4.78, 5) is 40.8. The number of nitrogens with one attached hydrogen (secondary N) is 2. The molecule has 1 aromatic carbocycles. The molecule has 1 aliphatic rings. The zero-order valence-electron chi connectivity index (χ0n) is 18.5. The molecular formula is C22H34N4O3. The van der Waals surface area contributed by atoms with Crippen molar-refractivity contribution in [3.05, 3.63) is 35.4 Å². The third kappa shape index (κ3) is 5.15. The molecule has 0 bridgehead atoms.